The molecule has 1 fully saturated rings. The summed E-state index contributed by atoms with van der Waals surface area (Å²) < 4.78 is 11.1. The summed E-state index contributed by atoms with van der Waals surface area (Å²) in [4.78, 5) is 14.3. The average molecular weight is 305 g/mol. The Labute approximate surface area is 127 Å². The average Bonchev–Trinajstić information content (AvgIpc) is 2.91. The first-order valence-corrected chi connectivity index (χ1v) is 7.90. The van der Waals surface area contributed by atoms with Crippen LogP contribution in [0.25, 0.3) is 10.1 Å². The summed E-state index contributed by atoms with van der Waals surface area (Å²) in [5, 5.41) is 1.08. The number of aromatic nitrogens is 1. The monoisotopic (exact) mass is 305 g/mol. The van der Waals surface area contributed by atoms with E-state index in [2.05, 4.69) is 4.37 Å². The van der Waals surface area contributed by atoms with E-state index >= 15 is 0 Å². The number of carbonyl (C=O) groups is 1. The van der Waals surface area contributed by atoms with Gasteiger partial charge < -0.3 is 15.4 Å². The second-order valence-electron chi connectivity index (χ2n) is 5.41. The highest BCUT2D eigenvalue weighted by Crippen LogP contribution is 2.23. The minimum absolute atomic E-state index is 0.0688. The maximum absolute atomic E-state index is 12.5. The number of carbonyl (C=O) groups excluding carboxylic acids is 1. The van der Waals surface area contributed by atoms with Crippen LogP contribution in [0, 0.1) is 0 Å². The number of ether oxygens (including phenoxy) is 1. The van der Waals surface area contributed by atoms with E-state index in [0.29, 0.717) is 26.1 Å². The molecule has 1 aliphatic heterocycles. The molecule has 1 saturated heterocycles. The highest BCUT2D eigenvalue weighted by atomic mass is 32.1. The van der Waals surface area contributed by atoms with Gasteiger partial charge in [-0.2, -0.15) is 4.37 Å². The van der Waals surface area contributed by atoms with Gasteiger partial charge in [0, 0.05) is 24.5 Å². The fourth-order valence-electron chi connectivity index (χ4n) is 2.54. The van der Waals surface area contributed by atoms with Crippen LogP contribution < -0.4 is 5.73 Å². The van der Waals surface area contributed by atoms with E-state index in [1.165, 1.54) is 11.5 Å². The Kier molecular flexibility index (Phi) is 4.19. The fourth-order valence-corrected chi connectivity index (χ4v) is 3.34. The van der Waals surface area contributed by atoms with E-state index in [9.17, 15) is 4.79 Å². The third kappa shape index (κ3) is 3.07. The topological polar surface area (TPSA) is 68.5 Å². The Hall–Kier alpha value is -1.50. The van der Waals surface area contributed by atoms with Gasteiger partial charge >= 0.3 is 0 Å². The molecule has 0 saturated carbocycles. The van der Waals surface area contributed by atoms with Crippen LogP contribution in [-0.2, 0) is 16.0 Å². The summed E-state index contributed by atoms with van der Waals surface area (Å²) in [6.07, 6.45) is 0.269. The lowest BCUT2D eigenvalue weighted by Gasteiger charge is -2.34. The first kappa shape index (κ1) is 14.4. The van der Waals surface area contributed by atoms with Gasteiger partial charge in [0.25, 0.3) is 0 Å². The van der Waals surface area contributed by atoms with E-state index < -0.39 is 0 Å². The molecule has 2 atom stereocenters. The SMILES string of the molecule is CC(N)C1CN(C(=O)Cc2nsc3ccccc23)CCO1. The molecule has 2 N–H and O–H groups in total. The maximum atomic E-state index is 12.5. The molecule has 2 aromatic rings. The molecule has 1 aromatic carbocycles. The molecular formula is C15H19N3O2S. The summed E-state index contributed by atoms with van der Waals surface area (Å²) >= 11 is 1.44. The van der Waals surface area contributed by atoms with Gasteiger partial charge in [-0.3, -0.25) is 4.79 Å². The second-order valence-corrected chi connectivity index (χ2v) is 6.22. The van der Waals surface area contributed by atoms with Crippen LogP contribution in [-0.4, -0.2) is 47.0 Å². The lowest BCUT2D eigenvalue weighted by atomic mass is 10.1. The molecule has 0 aliphatic carbocycles. The molecule has 21 heavy (non-hydrogen) atoms. The first-order valence-electron chi connectivity index (χ1n) is 7.13. The minimum atomic E-state index is -0.0742. The normalized spacial score (nSPS) is 20.7. The van der Waals surface area contributed by atoms with Gasteiger partial charge in [0.1, 0.15) is 0 Å². The van der Waals surface area contributed by atoms with Gasteiger partial charge in [0.15, 0.2) is 0 Å². The van der Waals surface area contributed by atoms with Crippen molar-refractivity contribution in [2.75, 3.05) is 19.7 Å². The molecule has 112 valence electrons. The van der Waals surface area contributed by atoms with Crippen molar-refractivity contribution in [3.63, 3.8) is 0 Å². The van der Waals surface area contributed by atoms with Crippen molar-refractivity contribution in [1.29, 1.82) is 0 Å². The number of hydrogen-bond donors (Lipinski definition) is 1. The van der Waals surface area contributed by atoms with Crippen molar-refractivity contribution >= 4 is 27.5 Å². The van der Waals surface area contributed by atoms with Gasteiger partial charge in [0.2, 0.25) is 5.91 Å². The van der Waals surface area contributed by atoms with E-state index in [4.69, 9.17) is 10.5 Å². The highest BCUT2D eigenvalue weighted by molar-refractivity contribution is 7.13. The maximum Gasteiger partial charge on any atom is 0.228 e. The van der Waals surface area contributed by atoms with E-state index in [-0.39, 0.29) is 18.1 Å². The van der Waals surface area contributed by atoms with Gasteiger partial charge in [-0.25, -0.2) is 0 Å². The summed E-state index contributed by atoms with van der Waals surface area (Å²) in [6.45, 7) is 3.66. The molecule has 2 heterocycles. The molecule has 2 unspecified atom stereocenters. The summed E-state index contributed by atoms with van der Waals surface area (Å²) in [6, 6.07) is 7.95. The van der Waals surface area contributed by atoms with Crippen LogP contribution in [0.4, 0.5) is 0 Å². The number of nitrogens with two attached hydrogens (primary N) is 1. The van der Waals surface area contributed by atoms with Gasteiger partial charge in [0.05, 0.1) is 29.5 Å². The summed E-state index contributed by atoms with van der Waals surface area (Å²) in [5.41, 5.74) is 6.73. The van der Waals surface area contributed by atoms with Crippen molar-refractivity contribution in [2.45, 2.75) is 25.5 Å². The number of nitrogens with zero attached hydrogens (tertiary/aromatic N) is 2. The number of rotatable bonds is 3. The number of morpholine rings is 1. The zero-order valence-electron chi connectivity index (χ0n) is 12.0. The zero-order chi connectivity index (χ0) is 14.8. The molecule has 0 spiro atoms. The van der Waals surface area contributed by atoms with Crippen molar-refractivity contribution in [3.05, 3.63) is 30.0 Å². The highest BCUT2D eigenvalue weighted by Gasteiger charge is 2.27. The van der Waals surface area contributed by atoms with Crippen LogP contribution in [0.3, 0.4) is 0 Å². The Balaban J connectivity index is 1.71. The predicted molar refractivity (Wildman–Crippen MR) is 83.3 cm³/mol. The van der Waals surface area contributed by atoms with Crippen LogP contribution in [0.2, 0.25) is 0 Å². The smallest absolute Gasteiger partial charge is 0.228 e. The predicted octanol–water partition coefficient (Wildman–Crippen LogP) is 1.41. The Bertz CT molecular complexity index is 641. The van der Waals surface area contributed by atoms with E-state index in [0.717, 1.165) is 15.8 Å². The molecular weight excluding hydrogens is 286 g/mol. The van der Waals surface area contributed by atoms with Crippen LogP contribution in [0.5, 0.6) is 0 Å². The van der Waals surface area contributed by atoms with Gasteiger partial charge in [-0.1, -0.05) is 18.2 Å². The largest absolute Gasteiger partial charge is 0.373 e. The van der Waals surface area contributed by atoms with Gasteiger partial charge in [-0.15, -0.1) is 0 Å². The Morgan fingerprint density at radius 3 is 3.19 bits per heavy atom. The lowest BCUT2D eigenvalue weighted by Crippen LogP contribution is -2.51. The molecule has 1 aliphatic rings. The number of fused-ring (bicyclic) bond motifs is 1. The molecule has 0 bridgehead atoms. The number of benzene rings is 1. The molecule has 0 radical (unpaired) electrons. The quantitative estimate of drug-likeness (QED) is 0.931. The van der Waals surface area contributed by atoms with E-state index in [1.807, 2.05) is 36.1 Å². The standard InChI is InChI=1S/C15H19N3O2S/c1-10(16)13-9-18(6-7-20-13)15(19)8-12-11-4-2-3-5-14(11)21-17-12/h2-5,10,13H,6-9,16H2,1H3. The second kappa shape index (κ2) is 6.09. The molecule has 3 rings (SSSR count). The van der Waals surface area contributed by atoms with Crippen LogP contribution in [0.15, 0.2) is 24.3 Å². The minimum Gasteiger partial charge on any atom is -0.373 e. The molecule has 1 aromatic heterocycles. The zero-order valence-corrected chi connectivity index (χ0v) is 12.8. The third-order valence-corrected chi connectivity index (χ3v) is 4.67. The number of hydrogen-bond acceptors (Lipinski definition) is 5. The van der Waals surface area contributed by atoms with Crippen molar-refractivity contribution in [3.8, 4) is 0 Å². The van der Waals surface area contributed by atoms with Gasteiger partial charge in [-0.05, 0) is 24.5 Å². The van der Waals surface area contributed by atoms with Crippen LogP contribution >= 0.6 is 11.5 Å². The van der Waals surface area contributed by atoms with Crippen molar-refractivity contribution in [2.24, 2.45) is 5.73 Å². The fraction of sp³-hybridized carbons (Fsp3) is 0.467. The third-order valence-electron chi connectivity index (χ3n) is 3.80. The van der Waals surface area contributed by atoms with Crippen LogP contribution in [0.1, 0.15) is 12.6 Å². The van der Waals surface area contributed by atoms with Crippen molar-refractivity contribution < 1.29 is 9.53 Å². The Morgan fingerprint density at radius 2 is 2.38 bits per heavy atom. The number of amides is 1. The summed E-state index contributed by atoms with van der Waals surface area (Å²) in [7, 11) is 0. The lowest BCUT2D eigenvalue weighted by molar-refractivity contribution is -0.138. The molecule has 1 amide bonds. The summed E-state index contributed by atoms with van der Waals surface area (Å²) in [5.74, 6) is 0.0972. The Morgan fingerprint density at radius 1 is 1.57 bits per heavy atom. The van der Waals surface area contributed by atoms with E-state index in [1.54, 1.807) is 0 Å². The molecule has 5 nitrogen and oxygen atoms in total. The van der Waals surface area contributed by atoms with Crippen molar-refractivity contribution in [1.82, 2.24) is 9.27 Å². The molecule has 6 heteroatoms. The first-order chi connectivity index (χ1) is 10.1.